The SMILES string of the molecule is CC(C)Cc1nncnc1N1CCNCC1. The molecule has 0 saturated carbocycles. The van der Waals surface area contributed by atoms with Crippen molar-refractivity contribution in [1.29, 1.82) is 0 Å². The standard InChI is InChI=1S/C11H19N5/c1-9(2)7-10-11(13-8-14-15-10)16-5-3-12-4-6-16/h8-9,12H,3-7H2,1-2H3. The second-order valence-electron chi connectivity index (χ2n) is 4.57. The van der Waals surface area contributed by atoms with Crippen LogP contribution >= 0.6 is 0 Å². The minimum atomic E-state index is 0.583. The molecule has 5 nitrogen and oxygen atoms in total. The van der Waals surface area contributed by atoms with Crippen LogP contribution < -0.4 is 10.2 Å². The lowest BCUT2D eigenvalue weighted by Crippen LogP contribution is -2.44. The highest BCUT2D eigenvalue weighted by molar-refractivity contribution is 5.43. The van der Waals surface area contributed by atoms with E-state index in [0.29, 0.717) is 5.92 Å². The highest BCUT2D eigenvalue weighted by Crippen LogP contribution is 2.17. The van der Waals surface area contributed by atoms with Gasteiger partial charge < -0.3 is 10.2 Å². The average Bonchev–Trinajstić information content (AvgIpc) is 2.30. The van der Waals surface area contributed by atoms with Gasteiger partial charge in [-0.15, -0.1) is 5.10 Å². The van der Waals surface area contributed by atoms with Gasteiger partial charge in [0, 0.05) is 26.2 Å². The van der Waals surface area contributed by atoms with Gasteiger partial charge in [0.15, 0.2) is 5.82 Å². The van der Waals surface area contributed by atoms with Gasteiger partial charge in [-0.2, -0.15) is 5.10 Å². The van der Waals surface area contributed by atoms with E-state index >= 15 is 0 Å². The summed E-state index contributed by atoms with van der Waals surface area (Å²) in [6.07, 6.45) is 2.49. The molecule has 1 aliphatic rings. The zero-order chi connectivity index (χ0) is 11.4. The van der Waals surface area contributed by atoms with Gasteiger partial charge in [-0.3, -0.25) is 0 Å². The number of piperazine rings is 1. The fraction of sp³-hybridized carbons (Fsp3) is 0.727. The third kappa shape index (κ3) is 2.66. The van der Waals surface area contributed by atoms with Crippen LogP contribution in [0.4, 0.5) is 5.82 Å². The molecular weight excluding hydrogens is 202 g/mol. The normalized spacial score (nSPS) is 16.8. The molecule has 0 atom stereocenters. The first kappa shape index (κ1) is 11.3. The molecule has 1 aromatic rings. The first-order chi connectivity index (χ1) is 7.77. The molecule has 0 unspecified atom stereocenters. The fourth-order valence-corrected chi connectivity index (χ4v) is 1.95. The summed E-state index contributed by atoms with van der Waals surface area (Å²) >= 11 is 0. The first-order valence-corrected chi connectivity index (χ1v) is 5.89. The monoisotopic (exact) mass is 221 g/mol. The van der Waals surface area contributed by atoms with E-state index in [4.69, 9.17) is 0 Å². The van der Waals surface area contributed by atoms with Crippen LogP contribution in [0.15, 0.2) is 6.33 Å². The minimum absolute atomic E-state index is 0.583. The van der Waals surface area contributed by atoms with E-state index < -0.39 is 0 Å². The van der Waals surface area contributed by atoms with Crippen molar-refractivity contribution in [3.05, 3.63) is 12.0 Å². The van der Waals surface area contributed by atoms with Crippen LogP contribution in [0, 0.1) is 5.92 Å². The Kier molecular flexibility index (Phi) is 3.66. The Hall–Kier alpha value is -1.23. The molecule has 1 aromatic heterocycles. The lowest BCUT2D eigenvalue weighted by atomic mass is 10.1. The molecule has 5 heteroatoms. The molecule has 0 aromatic carbocycles. The van der Waals surface area contributed by atoms with Gasteiger partial charge in [0.1, 0.15) is 12.0 Å². The molecule has 0 amide bonds. The molecule has 88 valence electrons. The third-order valence-corrected chi connectivity index (χ3v) is 2.69. The Balaban J connectivity index is 2.17. The number of nitrogens with zero attached hydrogens (tertiary/aromatic N) is 4. The Morgan fingerprint density at radius 2 is 2.12 bits per heavy atom. The van der Waals surface area contributed by atoms with Gasteiger partial charge in [0.05, 0.1) is 0 Å². The van der Waals surface area contributed by atoms with Gasteiger partial charge in [0.2, 0.25) is 0 Å². The number of hydrogen-bond donors (Lipinski definition) is 1. The first-order valence-electron chi connectivity index (χ1n) is 5.89. The number of anilines is 1. The van der Waals surface area contributed by atoms with Crippen molar-refractivity contribution in [2.45, 2.75) is 20.3 Å². The predicted molar refractivity (Wildman–Crippen MR) is 63.5 cm³/mol. The van der Waals surface area contributed by atoms with Gasteiger partial charge in [0.25, 0.3) is 0 Å². The van der Waals surface area contributed by atoms with Crippen LogP contribution in [0.25, 0.3) is 0 Å². The van der Waals surface area contributed by atoms with Crippen LogP contribution in [-0.4, -0.2) is 41.4 Å². The third-order valence-electron chi connectivity index (χ3n) is 2.69. The van der Waals surface area contributed by atoms with Gasteiger partial charge in [-0.1, -0.05) is 13.8 Å². The molecule has 0 spiro atoms. The minimum Gasteiger partial charge on any atom is -0.352 e. The number of aromatic nitrogens is 3. The summed E-state index contributed by atoms with van der Waals surface area (Å²) in [5.41, 5.74) is 1.03. The summed E-state index contributed by atoms with van der Waals surface area (Å²) in [4.78, 5) is 6.67. The van der Waals surface area contributed by atoms with E-state index in [2.05, 4.69) is 39.2 Å². The zero-order valence-electron chi connectivity index (χ0n) is 9.98. The zero-order valence-corrected chi connectivity index (χ0v) is 9.98. The molecule has 1 fully saturated rings. The lowest BCUT2D eigenvalue weighted by molar-refractivity contribution is 0.571. The van der Waals surface area contributed by atoms with E-state index in [9.17, 15) is 0 Å². The highest BCUT2D eigenvalue weighted by atomic mass is 15.3. The summed E-state index contributed by atoms with van der Waals surface area (Å²) in [5.74, 6) is 1.60. The molecule has 1 N–H and O–H groups in total. The topological polar surface area (TPSA) is 53.9 Å². The van der Waals surface area contributed by atoms with E-state index in [0.717, 1.165) is 44.1 Å². The second kappa shape index (κ2) is 5.21. The molecule has 0 aliphatic carbocycles. The molecule has 0 bridgehead atoms. The summed E-state index contributed by atoms with van der Waals surface area (Å²) in [7, 11) is 0. The summed E-state index contributed by atoms with van der Waals surface area (Å²) in [6, 6.07) is 0. The smallest absolute Gasteiger partial charge is 0.154 e. The molecule has 1 aliphatic heterocycles. The van der Waals surface area contributed by atoms with Crippen molar-refractivity contribution in [2.24, 2.45) is 5.92 Å². The number of hydrogen-bond acceptors (Lipinski definition) is 5. The van der Waals surface area contributed by atoms with E-state index in [1.807, 2.05) is 0 Å². The van der Waals surface area contributed by atoms with Gasteiger partial charge >= 0.3 is 0 Å². The molecule has 0 radical (unpaired) electrons. The maximum absolute atomic E-state index is 4.38. The van der Waals surface area contributed by atoms with Crippen LogP contribution in [-0.2, 0) is 6.42 Å². The van der Waals surface area contributed by atoms with Crippen LogP contribution in [0.5, 0.6) is 0 Å². The molecular formula is C11H19N5. The van der Waals surface area contributed by atoms with Crippen molar-refractivity contribution in [3.63, 3.8) is 0 Å². The van der Waals surface area contributed by atoms with E-state index in [1.54, 1.807) is 6.33 Å². The van der Waals surface area contributed by atoms with Gasteiger partial charge in [-0.25, -0.2) is 4.98 Å². The number of rotatable bonds is 3. The van der Waals surface area contributed by atoms with Crippen molar-refractivity contribution in [1.82, 2.24) is 20.5 Å². The lowest BCUT2D eigenvalue weighted by Gasteiger charge is -2.29. The summed E-state index contributed by atoms with van der Waals surface area (Å²) in [6.45, 7) is 8.43. The van der Waals surface area contributed by atoms with E-state index in [-0.39, 0.29) is 0 Å². The van der Waals surface area contributed by atoms with Crippen LogP contribution in [0.2, 0.25) is 0 Å². The van der Waals surface area contributed by atoms with Crippen molar-refractivity contribution in [3.8, 4) is 0 Å². The Bertz CT molecular complexity index is 333. The number of nitrogens with one attached hydrogen (secondary N) is 1. The van der Waals surface area contributed by atoms with Crippen LogP contribution in [0.1, 0.15) is 19.5 Å². The fourth-order valence-electron chi connectivity index (χ4n) is 1.95. The van der Waals surface area contributed by atoms with Crippen LogP contribution in [0.3, 0.4) is 0 Å². The average molecular weight is 221 g/mol. The highest BCUT2D eigenvalue weighted by Gasteiger charge is 2.17. The molecule has 1 saturated heterocycles. The van der Waals surface area contributed by atoms with Crippen molar-refractivity contribution < 1.29 is 0 Å². The van der Waals surface area contributed by atoms with Gasteiger partial charge in [-0.05, 0) is 12.3 Å². The molecule has 2 rings (SSSR count). The quantitative estimate of drug-likeness (QED) is 0.804. The molecule has 16 heavy (non-hydrogen) atoms. The van der Waals surface area contributed by atoms with Crippen molar-refractivity contribution in [2.75, 3.05) is 31.1 Å². The maximum Gasteiger partial charge on any atom is 0.154 e. The van der Waals surface area contributed by atoms with E-state index in [1.165, 1.54) is 0 Å². The largest absolute Gasteiger partial charge is 0.352 e. The predicted octanol–water partition coefficient (Wildman–Crippen LogP) is 0.480. The summed E-state index contributed by atoms with van der Waals surface area (Å²) < 4.78 is 0. The second-order valence-corrected chi connectivity index (χ2v) is 4.57. The maximum atomic E-state index is 4.38. The summed E-state index contributed by atoms with van der Waals surface area (Å²) in [5, 5.41) is 11.4. The Morgan fingerprint density at radius 1 is 1.38 bits per heavy atom. The molecule has 2 heterocycles. The van der Waals surface area contributed by atoms with Crippen molar-refractivity contribution >= 4 is 5.82 Å². The Morgan fingerprint density at radius 3 is 2.81 bits per heavy atom. The Labute approximate surface area is 96.3 Å².